The van der Waals surface area contributed by atoms with Crippen molar-refractivity contribution in [1.29, 1.82) is 0 Å². The van der Waals surface area contributed by atoms with Gasteiger partial charge in [0.15, 0.2) is 11.3 Å². The van der Waals surface area contributed by atoms with Crippen LogP contribution in [0.3, 0.4) is 0 Å². The zero-order valence-corrected chi connectivity index (χ0v) is 18.7. The molecular formula is C21H23ClN2O5S. The predicted molar refractivity (Wildman–Crippen MR) is 117 cm³/mol. The third kappa shape index (κ3) is 3.90. The van der Waals surface area contributed by atoms with E-state index in [1.54, 1.807) is 32.9 Å². The molecule has 0 bridgehead atoms. The van der Waals surface area contributed by atoms with Gasteiger partial charge in [-0.25, -0.2) is 8.42 Å². The van der Waals surface area contributed by atoms with Gasteiger partial charge in [0.25, 0.3) is 5.91 Å². The third-order valence-corrected chi connectivity index (χ3v) is 7.23. The lowest BCUT2D eigenvalue weighted by Gasteiger charge is -2.19. The number of carbonyl (C=O) groups is 1. The zero-order valence-electron chi connectivity index (χ0n) is 17.2. The Kier molecular flexibility index (Phi) is 6.40. The second-order valence-corrected chi connectivity index (χ2v) is 8.92. The van der Waals surface area contributed by atoms with Crippen LogP contribution in [0.25, 0.3) is 11.0 Å². The van der Waals surface area contributed by atoms with Crippen LogP contribution in [0.2, 0.25) is 5.02 Å². The maximum absolute atomic E-state index is 12.9. The van der Waals surface area contributed by atoms with Gasteiger partial charge in [0, 0.05) is 24.0 Å². The maximum atomic E-state index is 12.9. The number of anilines is 1. The normalized spacial score (nSPS) is 11.8. The highest BCUT2D eigenvalue weighted by Gasteiger charge is 2.25. The number of aryl methyl sites for hydroxylation is 1. The van der Waals surface area contributed by atoms with E-state index in [4.69, 9.17) is 20.8 Å². The molecule has 1 heterocycles. The number of rotatable bonds is 7. The van der Waals surface area contributed by atoms with Gasteiger partial charge in [-0.15, -0.1) is 0 Å². The summed E-state index contributed by atoms with van der Waals surface area (Å²) in [5.74, 6) is -0.110. The van der Waals surface area contributed by atoms with Crippen molar-refractivity contribution in [2.45, 2.75) is 25.7 Å². The molecule has 30 heavy (non-hydrogen) atoms. The number of carbonyl (C=O) groups excluding carboxylic acids is 1. The lowest BCUT2D eigenvalue weighted by atomic mass is 10.1. The van der Waals surface area contributed by atoms with E-state index in [9.17, 15) is 13.2 Å². The lowest BCUT2D eigenvalue weighted by Crippen LogP contribution is -2.30. The minimum atomic E-state index is -3.70. The summed E-state index contributed by atoms with van der Waals surface area (Å²) >= 11 is 6.17. The number of methoxy groups -OCH3 is 1. The van der Waals surface area contributed by atoms with E-state index in [0.29, 0.717) is 35.0 Å². The molecule has 0 saturated carbocycles. The summed E-state index contributed by atoms with van der Waals surface area (Å²) < 4.78 is 38.0. The number of sulfonamides is 1. The molecule has 3 aromatic rings. The van der Waals surface area contributed by atoms with Gasteiger partial charge >= 0.3 is 0 Å². The molecule has 9 heteroatoms. The minimum absolute atomic E-state index is 0.0617. The first-order valence-corrected chi connectivity index (χ1v) is 11.2. The van der Waals surface area contributed by atoms with Gasteiger partial charge in [-0.1, -0.05) is 37.6 Å². The highest BCUT2D eigenvalue weighted by atomic mass is 35.5. The first kappa shape index (κ1) is 22.1. The van der Waals surface area contributed by atoms with Crippen LogP contribution in [0.4, 0.5) is 5.69 Å². The van der Waals surface area contributed by atoms with Crippen molar-refractivity contribution in [2.75, 3.05) is 25.5 Å². The summed E-state index contributed by atoms with van der Waals surface area (Å²) in [6.45, 7) is 5.97. The van der Waals surface area contributed by atoms with Gasteiger partial charge < -0.3 is 14.5 Å². The van der Waals surface area contributed by atoms with Crippen molar-refractivity contribution in [2.24, 2.45) is 0 Å². The standard InChI is InChI=1S/C21H23ClN2O5S/c1-5-24(6-2)30(26,27)14-10-11-18(28-4)17(12-14)23-21(25)19-13(3)15-8-7-9-16(22)20(15)29-19/h7-12H,5-6H2,1-4H3,(H,23,25). The highest BCUT2D eigenvalue weighted by Crippen LogP contribution is 2.33. The number of furan rings is 1. The average Bonchev–Trinajstić information content (AvgIpc) is 3.07. The Bertz CT molecular complexity index is 1200. The van der Waals surface area contributed by atoms with Crippen molar-refractivity contribution in [3.8, 4) is 5.75 Å². The van der Waals surface area contributed by atoms with Crippen molar-refractivity contribution in [3.05, 3.63) is 52.7 Å². The highest BCUT2D eigenvalue weighted by molar-refractivity contribution is 7.89. The van der Waals surface area contributed by atoms with Crippen LogP contribution in [-0.2, 0) is 10.0 Å². The molecule has 0 unspecified atom stereocenters. The minimum Gasteiger partial charge on any atom is -0.495 e. The van der Waals surface area contributed by atoms with Crippen molar-refractivity contribution in [1.82, 2.24) is 4.31 Å². The number of amides is 1. The van der Waals surface area contributed by atoms with Gasteiger partial charge in [0.05, 0.1) is 22.7 Å². The van der Waals surface area contributed by atoms with Crippen LogP contribution >= 0.6 is 11.6 Å². The van der Waals surface area contributed by atoms with Crippen LogP contribution < -0.4 is 10.1 Å². The first-order valence-electron chi connectivity index (χ1n) is 9.41. The Hall–Kier alpha value is -2.55. The summed E-state index contributed by atoms with van der Waals surface area (Å²) in [5, 5.41) is 3.84. The van der Waals surface area contributed by atoms with Crippen LogP contribution in [0, 0.1) is 6.92 Å². The molecule has 0 fully saturated rings. The molecule has 1 amide bonds. The van der Waals surface area contributed by atoms with E-state index in [1.165, 1.54) is 29.6 Å². The number of hydrogen-bond acceptors (Lipinski definition) is 5. The van der Waals surface area contributed by atoms with Gasteiger partial charge in [-0.3, -0.25) is 4.79 Å². The molecule has 1 N–H and O–H groups in total. The SMILES string of the molecule is CCN(CC)S(=O)(=O)c1ccc(OC)c(NC(=O)c2oc3c(Cl)cccc3c2C)c1. The number of nitrogens with zero attached hydrogens (tertiary/aromatic N) is 1. The fraction of sp³-hybridized carbons (Fsp3) is 0.286. The van der Waals surface area contributed by atoms with Crippen LogP contribution in [0.1, 0.15) is 30.0 Å². The Morgan fingerprint density at radius 2 is 1.90 bits per heavy atom. The summed E-state index contributed by atoms with van der Waals surface area (Å²) in [6, 6.07) is 9.62. The largest absolute Gasteiger partial charge is 0.495 e. The molecule has 0 radical (unpaired) electrons. The Balaban J connectivity index is 2.01. The fourth-order valence-electron chi connectivity index (χ4n) is 3.26. The second-order valence-electron chi connectivity index (χ2n) is 6.58. The van der Waals surface area contributed by atoms with E-state index in [-0.39, 0.29) is 16.3 Å². The molecule has 3 rings (SSSR count). The van der Waals surface area contributed by atoms with E-state index in [0.717, 1.165) is 5.39 Å². The smallest absolute Gasteiger partial charge is 0.291 e. The molecule has 7 nitrogen and oxygen atoms in total. The molecule has 1 aromatic heterocycles. The van der Waals surface area contributed by atoms with Gasteiger partial charge in [-0.05, 0) is 31.2 Å². The summed E-state index contributed by atoms with van der Waals surface area (Å²) in [6.07, 6.45) is 0. The maximum Gasteiger partial charge on any atom is 0.291 e. The van der Waals surface area contributed by atoms with Crippen molar-refractivity contribution in [3.63, 3.8) is 0 Å². The summed E-state index contributed by atoms with van der Waals surface area (Å²) in [7, 11) is -2.26. The Morgan fingerprint density at radius 3 is 2.50 bits per heavy atom. The van der Waals surface area contributed by atoms with Crippen LogP contribution in [0.15, 0.2) is 45.7 Å². The number of ether oxygens (including phenoxy) is 1. The lowest BCUT2D eigenvalue weighted by molar-refractivity contribution is 0.0997. The van der Waals surface area contributed by atoms with E-state index >= 15 is 0 Å². The predicted octanol–water partition coefficient (Wildman–Crippen LogP) is 4.69. The molecular weight excluding hydrogens is 428 g/mol. The first-order chi connectivity index (χ1) is 14.2. The quantitative estimate of drug-likeness (QED) is 0.564. The Morgan fingerprint density at radius 1 is 1.20 bits per heavy atom. The molecule has 0 spiro atoms. The zero-order chi connectivity index (χ0) is 22.1. The number of para-hydroxylation sites is 1. The number of hydrogen-bond donors (Lipinski definition) is 1. The fourth-order valence-corrected chi connectivity index (χ4v) is 4.96. The number of nitrogens with one attached hydrogen (secondary N) is 1. The Labute approximate surface area is 180 Å². The molecule has 0 saturated heterocycles. The average molecular weight is 451 g/mol. The van der Waals surface area contributed by atoms with Crippen LogP contribution in [0.5, 0.6) is 5.75 Å². The monoisotopic (exact) mass is 450 g/mol. The van der Waals surface area contributed by atoms with E-state index in [2.05, 4.69) is 5.32 Å². The molecule has 0 aliphatic carbocycles. The van der Waals surface area contributed by atoms with Gasteiger partial charge in [0.1, 0.15) is 5.75 Å². The van der Waals surface area contributed by atoms with Gasteiger partial charge in [-0.2, -0.15) is 4.31 Å². The van der Waals surface area contributed by atoms with Crippen LogP contribution in [-0.4, -0.2) is 38.8 Å². The second kappa shape index (κ2) is 8.67. The van der Waals surface area contributed by atoms with Crippen molar-refractivity contribution >= 4 is 44.2 Å². The molecule has 2 aromatic carbocycles. The number of halogens is 1. The topological polar surface area (TPSA) is 88.9 Å². The van der Waals surface area contributed by atoms with E-state index in [1.807, 2.05) is 6.07 Å². The molecule has 160 valence electrons. The molecule has 0 atom stereocenters. The van der Waals surface area contributed by atoms with Crippen molar-refractivity contribution < 1.29 is 22.4 Å². The van der Waals surface area contributed by atoms with Gasteiger partial charge in [0.2, 0.25) is 10.0 Å². The summed E-state index contributed by atoms with van der Waals surface area (Å²) in [4.78, 5) is 13.0. The third-order valence-electron chi connectivity index (χ3n) is 4.88. The number of benzene rings is 2. The summed E-state index contributed by atoms with van der Waals surface area (Å²) in [5.41, 5.74) is 1.28. The van der Waals surface area contributed by atoms with E-state index < -0.39 is 15.9 Å². The number of fused-ring (bicyclic) bond motifs is 1. The molecule has 0 aliphatic heterocycles. The molecule has 0 aliphatic rings.